The molecule has 0 spiro atoms. The SMILES string of the molecule is CCCSc1nnc2c(n1)OC(c1cc3c(cc1[N+](=O)[O-])OCO3)N(C(C)=O)c1ccccc1-2. The molecule has 1 aromatic heterocycles. The van der Waals surface area contributed by atoms with Crippen molar-refractivity contribution in [3.63, 3.8) is 0 Å². The van der Waals surface area contributed by atoms with Gasteiger partial charge in [0.15, 0.2) is 17.2 Å². The number of ether oxygens (including phenoxy) is 3. The van der Waals surface area contributed by atoms with E-state index in [0.29, 0.717) is 27.9 Å². The molecule has 174 valence electrons. The number of carbonyl (C=O) groups is 1. The summed E-state index contributed by atoms with van der Waals surface area (Å²) in [6.07, 6.45) is -0.297. The maximum absolute atomic E-state index is 12.9. The number of para-hydroxylation sites is 1. The van der Waals surface area contributed by atoms with Gasteiger partial charge in [-0.3, -0.25) is 19.8 Å². The molecule has 3 heterocycles. The number of hydrogen-bond acceptors (Lipinski definition) is 10. The van der Waals surface area contributed by atoms with Crippen LogP contribution in [0.15, 0.2) is 41.6 Å². The Hall–Kier alpha value is -3.93. The Labute approximate surface area is 198 Å². The Balaban J connectivity index is 1.74. The van der Waals surface area contributed by atoms with Crippen molar-refractivity contribution in [3.8, 4) is 28.6 Å². The van der Waals surface area contributed by atoms with Gasteiger partial charge in [0.1, 0.15) is 0 Å². The fourth-order valence-corrected chi connectivity index (χ4v) is 4.45. The van der Waals surface area contributed by atoms with E-state index in [1.54, 1.807) is 24.3 Å². The summed E-state index contributed by atoms with van der Waals surface area (Å²) in [5, 5.41) is 20.9. The molecule has 3 aromatic rings. The van der Waals surface area contributed by atoms with Gasteiger partial charge in [-0.15, -0.1) is 10.2 Å². The number of nitrogens with zero attached hydrogens (tertiary/aromatic N) is 5. The number of benzene rings is 2. The molecule has 0 saturated heterocycles. The predicted molar refractivity (Wildman–Crippen MR) is 122 cm³/mol. The number of amides is 1. The summed E-state index contributed by atoms with van der Waals surface area (Å²) in [4.78, 5) is 30.3. The lowest BCUT2D eigenvalue weighted by atomic mass is 10.1. The van der Waals surface area contributed by atoms with E-state index in [1.165, 1.54) is 35.7 Å². The van der Waals surface area contributed by atoms with Crippen molar-refractivity contribution in [1.82, 2.24) is 15.2 Å². The molecule has 11 nitrogen and oxygen atoms in total. The highest BCUT2D eigenvalue weighted by molar-refractivity contribution is 7.99. The van der Waals surface area contributed by atoms with Crippen LogP contribution in [0, 0.1) is 10.1 Å². The Bertz CT molecular complexity index is 1300. The van der Waals surface area contributed by atoms with Crippen molar-refractivity contribution >= 4 is 29.0 Å². The van der Waals surface area contributed by atoms with Crippen LogP contribution in [0.25, 0.3) is 11.3 Å². The van der Waals surface area contributed by atoms with E-state index >= 15 is 0 Å². The second-order valence-electron chi connectivity index (χ2n) is 7.49. The Morgan fingerprint density at radius 3 is 2.74 bits per heavy atom. The summed E-state index contributed by atoms with van der Waals surface area (Å²) < 4.78 is 17.0. The molecule has 2 aliphatic heterocycles. The van der Waals surface area contributed by atoms with Crippen molar-refractivity contribution in [2.75, 3.05) is 17.4 Å². The van der Waals surface area contributed by atoms with E-state index in [9.17, 15) is 14.9 Å². The van der Waals surface area contributed by atoms with E-state index in [1.807, 2.05) is 6.92 Å². The van der Waals surface area contributed by atoms with Gasteiger partial charge < -0.3 is 14.2 Å². The molecule has 1 atom stereocenters. The number of carbonyl (C=O) groups excluding carboxylic acids is 1. The third-order valence-corrected chi connectivity index (χ3v) is 6.31. The van der Waals surface area contributed by atoms with Gasteiger partial charge in [-0.25, -0.2) is 0 Å². The van der Waals surface area contributed by atoms with Crippen LogP contribution in [0.3, 0.4) is 0 Å². The fourth-order valence-electron chi connectivity index (χ4n) is 3.81. The van der Waals surface area contributed by atoms with Crippen LogP contribution in [0.1, 0.15) is 32.1 Å². The molecule has 0 N–H and O–H groups in total. The molecule has 1 unspecified atom stereocenters. The van der Waals surface area contributed by atoms with Crippen molar-refractivity contribution in [2.45, 2.75) is 31.7 Å². The quantitative estimate of drug-likeness (QED) is 0.298. The minimum Gasteiger partial charge on any atom is -0.454 e. The molecule has 2 aliphatic rings. The number of nitro groups is 1. The van der Waals surface area contributed by atoms with Crippen LogP contribution in [-0.4, -0.2) is 38.6 Å². The second-order valence-corrected chi connectivity index (χ2v) is 8.56. The highest BCUT2D eigenvalue weighted by Gasteiger charge is 2.39. The van der Waals surface area contributed by atoms with Gasteiger partial charge in [0, 0.05) is 18.2 Å². The zero-order valence-corrected chi connectivity index (χ0v) is 19.1. The smallest absolute Gasteiger partial charge is 0.282 e. The minimum atomic E-state index is -1.21. The third-order valence-electron chi connectivity index (χ3n) is 5.27. The van der Waals surface area contributed by atoms with Gasteiger partial charge in [-0.1, -0.05) is 36.9 Å². The Kier molecular flexibility index (Phi) is 5.65. The molecule has 5 rings (SSSR count). The van der Waals surface area contributed by atoms with E-state index in [4.69, 9.17) is 14.2 Å². The summed E-state index contributed by atoms with van der Waals surface area (Å²) in [6.45, 7) is 3.35. The molecule has 34 heavy (non-hydrogen) atoms. The first-order valence-electron chi connectivity index (χ1n) is 10.5. The fraction of sp³-hybridized carbons (Fsp3) is 0.273. The summed E-state index contributed by atoms with van der Waals surface area (Å²) in [5.74, 6) is 1.10. The summed E-state index contributed by atoms with van der Waals surface area (Å²) in [7, 11) is 0. The molecule has 2 aromatic carbocycles. The average Bonchev–Trinajstić information content (AvgIpc) is 3.23. The molecule has 0 saturated carbocycles. The molecule has 0 radical (unpaired) electrons. The van der Waals surface area contributed by atoms with Gasteiger partial charge in [0.25, 0.3) is 5.69 Å². The molecule has 0 fully saturated rings. The molecule has 0 aliphatic carbocycles. The minimum absolute atomic E-state index is 0.0568. The number of aromatic nitrogens is 3. The lowest BCUT2D eigenvalue weighted by molar-refractivity contribution is -0.386. The number of rotatable bonds is 5. The highest BCUT2D eigenvalue weighted by Crippen LogP contribution is 2.47. The van der Waals surface area contributed by atoms with Gasteiger partial charge in [0.05, 0.1) is 22.2 Å². The normalized spacial score (nSPS) is 15.7. The monoisotopic (exact) mass is 481 g/mol. The average molecular weight is 481 g/mol. The van der Waals surface area contributed by atoms with Crippen LogP contribution < -0.4 is 19.1 Å². The zero-order valence-electron chi connectivity index (χ0n) is 18.3. The lowest BCUT2D eigenvalue weighted by Crippen LogP contribution is -2.36. The van der Waals surface area contributed by atoms with Crippen LogP contribution in [0.2, 0.25) is 0 Å². The largest absolute Gasteiger partial charge is 0.454 e. The van der Waals surface area contributed by atoms with Crippen LogP contribution in [-0.2, 0) is 4.79 Å². The summed E-state index contributed by atoms with van der Waals surface area (Å²) in [5.41, 5.74) is 1.23. The van der Waals surface area contributed by atoms with Gasteiger partial charge in [-0.2, -0.15) is 4.98 Å². The molecule has 1 amide bonds. The standard InChI is InChI=1S/C22H19N5O6S/c1-3-8-34-22-23-20-19(24-25-22)13-6-4-5-7-15(13)26(12(2)28)21(33-20)14-9-17-18(32-11-31-17)10-16(14)27(29)30/h4-7,9-10,21H,3,8,11H2,1-2H3. The predicted octanol–water partition coefficient (Wildman–Crippen LogP) is 4.12. The van der Waals surface area contributed by atoms with Gasteiger partial charge in [0.2, 0.25) is 30.0 Å². The van der Waals surface area contributed by atoms with Crippen LogP contribution in [0.4, 0.5) is 11.4 Å². The number of fused-ring (bicyclic) bond motifs is 4. The summed E-state index contributed by atoms with van der Waals surface area (Å²) in [6, 6.07) is 9.80. The first kappa shape index (κ1) is 21.9. The second kappa shape index (κ2) is 8.78. The zero-order chi connectivity index (χ0) is 23.8. The Morgan fingerprint density at radius 2 is 2.00 bits per heavy atom. The summed E-state index contributed by atoms with van der Waals surface area (Å²) >= 11 is 1.42. The number of nitro benzene ring substituents is 1. The maximum atomic E-state index is 12.9. The number of hydrogen-bond donors (Lipinski definition) is 0. The Morgan fingerprint density at radius 1 is 1.24 bits per heavy atom. The number of thioether (sulfide) groups is 1. The molecule has 0 bridgehead atoms. The molecular formula is C22H19N5O6S. The van der Waals surface area contributed by atoms with Crippen molar-refractivity contribution < 1.29 is 23.9 Å². The van der Waals surface area contributed by atoms with Gasteiger partial charge >= 0.3 is 0 Å². The van der Waals surface area contributed by atoms with Crippen molar-refractivity contribution in [1.29, 1.82) is 0 Å². The van der Waals surface area contributed by atoms with E-state index in [0.717, 1.165) is 12.2 Å². The highest BCUT2D eigenvalue weighted by atomic mass is 32.2. The maximum Gasteiger partial charge on any atom is 0.282 e. The first-order chi connectivity index (χ1) is 16.5. The van der Waals surface area contributed by atoms with Crippen LogP contribution >= 0.6 is 11.8 Å². The molecular weight excluding hydrogens is 462 g/mol. The van der Waals surface area contributed by atoms with Crippen molar-refractivity contribution in [2.24, 2.45) is 0 Å². The number of anilines is 1. The van der Waals surface area contributed by atoms with Crippen molar-refractivity contribution in [3.05, 3.63) is 52.1 Å². The van der Waals surface area contributed by atoms with E-state index in [-0.39, 0.29) is 35.6 Å². The van der Waals surface area contributed by atoms with Crippen LogP contribution in [0.5, 0.6) is 17.4 Å². The van der Waals surface area contributed by atoms with E-state index in [2.05, 4.69) is 15.2 Å². The molecule has 12 heteroatoms. The topological polar surface area (TPSA) is 130 Å². The van der Waals surface area contributed by atoms with Gasteiger partial charge in [-0.05, 0) is 18.6 Å². The first-order valence-corrected chi connectivity index (χ1v) is 11.5. The third kappa shape index (κ3) is 3.75. The lowest BCUT2D eigenvalue weighted by Gasteiger charge is -2.29. The van der Waals surface area contributed by atoms with E-state index < -0.39 is 11.2 Å².